The van der Waals surface area contributed by atoms with Crippen molar-refractivity contribution >= 4 is 5.57 Å². The Morgan fingerprint density at radius 3 is 2.56 bits per heavy atom. The average Bonchev–Trinajstić information content (AvgIpc) is 2.33. The fourth-order valence-corrected chi connectivity index (χ4v) is 2.53. The van der Waals surface area contributed by atoms with Gasteiger partial charge in [0.25, 0.3) is 0 Å². The molecule has 0 spiro atoms. The van der Waals surface area contributed by atoms with Crippen molar-refractivity contribution in [2.75, 3.05) is 0 Å². The molecule has 1 fully saturated rings. The highest BCUT2D eigenvalue weighted by atomic mass is 16.3. The minimum Gasteiger partial charge on any atom is -0.393 e. The zero-order chi connectivity index (χ0) is 11.4. The standard InChI is InChI=1S/C15H20O/c1-12(13-7-3-2-4-8-13)11-14-9-5-6-10-15(14)16/h2-4,7-8,14-16H,1,5-6,9-11H2. The van der Waals surface area contributed by atoms with E-state index in [1.807, 2.05) is 18.2 Å². The summed E-state index contributed by atoms with van der Waals surface area (Å²) in [6, 6.07) is 10.3. The lowest BCUT2D eigenvalue weighted by Crippen LogP contribution is -2.24. The number of hydrogen-bond acceptors (Lipinski definition) is 1. The number of aliphatic hydroxyl groups excluding tert-OH is 1. The highest BCUT2D eigenvalue weighted by Gasteiger charge is 2.23. The zero-order valence-electron chi connectivity index (χ0n) is 9.73. The normalized spacial score (nSPS) is 25.3. The SMILES string of the molecule is C=C(CC1CCCCC1O)c1ccccc1. The minimum absolute atomic E-state index is 0.116. The second-order valence-electron chi connectivity index (χ2n) is 4.79. The number of hydrogen-bond donors (Lipinski definition) is 1. The lowest BCUT2D eigenvalue weighted by molar-refractivity contribution is 0.0725. The van der Waals surface area contributed by atoms with Crippen LogP contribution in [-0.4, -0.2) is 11.2 Å². The van der Waals surface area contributed by atoms with Crippen LogP contribution in [0.5, 0.6) is 0 Å². The van der Waals surface area contributed by atoms with Crippen molar-refractivity contribution in [1.82, 2.24) is 0 Å². The van der Waals surface area contributed by atoms with Crippen LogP contribution in [0.2, 0.25) is 0 Å². The van der Waals surface area contributed by atoms with Gasteiger partial charge in [0.05, 0.1) is 6.10 Å². The monoisotopic (exact) mass is 216 g/mol. The molecule has 2 atom stereocenters. The van der Waals surface area contributed by atoms with Crippen molar-refractivity contribution in [3.05, 3.63) is 42.5 Å². The molecule has 0 aromatic heterocycles. The van der Waals surface area contributed by atoms with Gasteiger partial charge in [0.1, 0.15) is 0 Å². The summed E-state index contributed by atoms with van der Waals surface area (Å²) in [5.74, 6) is 0.418. The van der Waals surface area contributed by atoms with Gasteiger partial charge < -0.3 is 5.11 Å². The van der Waals surface area contributed by atoms with E-state index in [0.717, 1.165) is 24.8 Å². The molecule has 1 aromatic rings. The Balaban J connectivity index is 1.96. The van der Waals surface area contributed by atoms with E-state index in [9.17, 15) is 5.11 Å². The molecule has 1 aliphatic rings. The first-order valence-corrected chi connectivity index (χ1v) is 6.18. The first kappa shape index (κ1) is 11.4. The van der Waals surface area contributed by atoms with Crippen molar-refractivity contribution in [2.24, 2.45) is 5.92 Å². The molecule has 86 valence electrons. The van der Waals surface area contributed by atoms with Gasteiger partial charge in [0.2, 0.25) is 0 Å². The first-order valence-electron chi connectivity index (χ1n) is 6.18. The number of benzene rings is 1. The number of aliphatic hydroxyl groups is 1. The van der Waals surface area contributed by atoms with Gasteiger partial charge in [-0.05, 0) is 36.3 Å². The summed E-state index contributed by atoms with van der Waals surface area (Å²) in [6.07, 6.45) is 5.36. The number of rotatable bonds is 3. The van der Waals surface area contributed by atoms with Gasteiger partial charge in [-0.3, -0.25) is 0 Å². The molecular formula is C15H20O. The molecule has 0 amide bonds. The summed E-state index contributed by atoms with van der Waals surface area (Å²) in [5.41, 5.74) is 2.37. The highest BCUT2D eigenvalue weighted by molar-refractivity contribution is 5.63. The predicted molar refractivity (Wildman–Crippen MR) is 68.1 cm³/mol. The third-order valence-electron chi connectivity index (χ3n) is 3.56. The molecule has 1 nitrogen and oxygen atoms in total. The van der Waals surface area contributed by atoms with Gasteiger partial charge in [-0.15, -0.1) is 0 Å². The Hall–Kier alpha value is -1.08. The van der Waals surface area contributed by atoms with Crippen molar-refractivity contribution in [1.29, 1.82) is 0 Å². The highest BCUT2D eigenvalue weighted by Crippen LogP contribution is 2.31. The first-order chi connectivity index (χ1) is 7.77. The number of allylic oxidation sites excluding steroid dienone is 1. The van der Waals surface area contributed by atoms with E-state index in [1.54, 1.807) is 0 Å². The molecule has 1 N–H and O–H groups in total. The van der Waals surface area contributed by atoms with Crippen molar-refractivity contribution in [3.8, 4) is 0 Å². The second kappa shape index (κ2) is 5.31. The molecule has 0 saturated heterocycles. The molecule has 0 bridgehead atoms. The van der Waals surface area contributed by atoms with Crippen molar-refractivity contribution < 1.29 is 5.11 Å². The summed E-state index contributed by atoms with van der Waals surface area (Å²) in [6.45, 7) is 4.14. The summed E-state index contributed by atoms with van der Waals surface area (Å²) < 4.78 is 0. The fourth-order valence-electron chi connectivity index (χ4n) is 2.53. The van der Waals surface area contributed by atoms with Crippen LogP contribution in [0.1, 0.15) is 37.7 Å². The van der Waals surface area contributed by atoms with E-state index in [2.05, 4.69) is 18.7 Å². The van der Waals surface area contributed by atoms with Crippen molar-refractivity contribution in [3.63, 3.8) is 0 Å². The van der Waals surface area contributed by atoms with Gasteiger partial charge in [0.15, 0.2) is 0 Å². The Morgan fingerprint density at radius 2 is 1.88 bits per heavy atom. The van der Waals surface area contributed by atoms with Crippen LogP contribution in [0.15, 0.2) is 36.9 Å². The van der Waals surface area contributed by atoms with Gasteiger partial charge in [-0.2, -0.15) is 0 Å². The largest absolute Gasteiger partial charge is 0.393 e. The maximum Gasteiger partial charge on any atom is 0.0571 e. The van der Waals surface area contributed by atoms with Crippen molar-refractivity contribution in [2.45, 2.75) is 38.2 Å². The van der Waals surface area contributed by atoms with E-state index < -0.39 is 0 Å². The molecule has 2 unspecified atom stereocenters. The van der Waals surface area contributed by atoms with E-state index in [-0.39, 0.29) is 6.10 Å². The van der Waals surface area contributed by atoms with E-state index >= 15 is 0 Å². The van der Waals surface area contributed by atoms with Crippen LogP contribution < -0.4 is 0 Å². The average molecular weight is 216 g/mol. The van der Waals surface area contributed by atoms with Gasteiger partial charge >= 0.3 is 0 Å². The summed E-state index contributed by atoms with van der Waals surface area (Å²) in [4.78, 5) is 0. The Bertz CT molecular complexity index is 342. The molecule has 1 aromatic carbocycles. The minimum atomic E-state index is -0.116. The van der Waals surface area contributed by atoms with Crippen LogP contribution >= 0.6 is 0 Å². The second-order valence-corrected chi connectivity index (χ2v) is 4.79. The molecule has 0 aliphatic heterocycles. The molecule has 1 aliphatic carbocycles. The van der Waals surface area contributed by atoms with Crippen LogP contribution in [0, 0.1) is 5.92 Å². The smallest absolute Gasteiger partial charge is 0.0571 e. The van der Waals surface area contributed by atoms with Gasteiger partial charge in [-0.1, -0.05) is 49.8 Å². The molecule has 0 heterocycles. The maximum absolute atomic E-state index is 9.92. The quantitative estimate of drug-likeness (QED) is 0.817. The van der Waals surface area contributed by atoms with Gasteiger partial charge in [-0.25, -0.2) is 0 Å². The van der Waals surface area contributed by atoms with Crippen LogP contribution in [0.4, 0.5) is 0 Å². The predicted octanol–water partition coefficient (Wildman–Crippen LogP) is 3.64. The van der Waals surface area contributed by atoms with E-state index in [4.69, 9.17) is 0 Å². The molecule has 1 saturated carbocycles. The lowest BCUT2D eigenvalue weighted by Gasteiger charge is -2.28. The Kier molecular flexibility index (Phi) is 3.79. The molecule has 1 heteroatoms. The van der Waals surface area contributed by atoms with Crippen LogP contribution in [0.25, 0.3) is 5.57 Å². The summed E-state index contributed by atoms with van der Waals surface area (Å²) >= 11 is 0. The summed E-state index contributed by atoms with van der Waals surface area (Å²) in [7, 11) is 0. The molecular weight excluding hydrogens is 196 g/mol. The molecule has 0 radical (unpaired) electrons. The van der Waals surface area contributed by atoms with E-state index in [1.165, 1.54) is 18.4 Å². The molecule has 2 rings (SSSR count). The Morgan fingerprint density at radius 1 is 1.19 bits per heavy atom. The third-order valence-corrected chi connectivity index (χ3v) is 3.56. The van der Waals surface area contributed by atoms with Crippen LogP contribution in [0.3, 0.4) is 0 Å². The van der Waals surface area contributed by atoms with Crippen LogP contribution in [-0.2, 0) is 0 Å². The maximum atomic E-state index is 9.92. The zero-order valence-corrected chi connectivity index (χ0v) is 9.73. The molecule has 16 heavy (non-hydrogen) atoms. The van der Waals surface area contributed by atoms with Gasteiger partial charge in [0, 0.05) is 0 Å². The Labute approximate surface area is 97.8 Å². The lowest BCUT2D eigenvalue weighted by atomic mass is 9.81. The topological polar surface area (TPSA) is 20.2 Å². The fraction of sp³-hybridized carbons (Fsp3) is 0.467. The van der Waals surface area contributed by atoms with E-state index in [0.29, 0.717) is 5.92 Å². The summed E-state index contributed by atoms with van der Waals surface area (Å²) in [5, 5.41) is 9.92. The third kappa shape index (κ3) is 2.73.